The molecule has 2 rings (SSSR count). The lowest BCUT2D eigenvalue weighted by molar-refractivity contribution is 0.180. The quantitative estimate of drug-likeness (QED) is 0.794. The van der Waals surface area contributed by atoms with Gasteiger partial charge < -0.3 is 9.80 Å². The normalized spacial score (nSPS) is 23.3. The monoisotopic (exact) mass is 286 g/mol. The molecular weight excluding hydrogens is 256 g/mol. The Kier molecular flexibility index (Phi) is 4.36. The molecule has 1 aliphatic rings. The van der Waals surface area contributed by atoms with Crippen molar-refractivity contribution < 1.29 is 0 Å². The van der Waals surface area contributed by atoms with Crippen molar-refractivity contribution in [3.63, 3.8) is 0 Å². The van der Waals surface area contributed by atoms with E-state index >= 15 is 0 Å². The fourth-order valence-electron chi connectivity index (χ4n) is 3.46. The van der Waals surface area contributed by atoms with Gasteiger partial charge in [0, 0.05) is 36.6 Å². The molecule has 0 bridgehead atoms. The number of piperazine rings is 1. The molecule has 1 aromatic carbocycles. The summed E-state index contributed by atoms with van der Waals surface area (Å²) in [5, 5.41) is 0. The molecule has 1 fully saturated rings. The number of nitrogens with zero attached hydrogens (tertiary/aromatic N) is 2. The highest BCUT2D eigenvalue weighted by Gasteiger charge is 2.29. The van der Waals surface area contributed by atoms with Crippen molar-refractivity contribution >= 4 is 5.69 Å². The average Bonchev–Trinajstić information content (AvgIpc) is 2.36. The minimum atomic E-state index is 0.220. The van der Waals surface area contributed by atoms with Crippen LogP contribution in [0.4, 0.5) is 5.69 Å². The van der Waals surface area contributed by atoms with Gasteiger partial charge in [-0.1, -0.05) is 39.5 Å². The zero-order chi connectivity index (χ0) is 15.8. The summed E-state index contributed by atoms with van der Waals surface area (Å²) in [4.78, 5) is 4.95. The second-order valence-electron chi connectivity index (χ2n) is 7.54. The van der Waals surface area contributed by atoms with Crippen LogP contribution in [0, 0.1) is 0 Å². The molecule has 2 atom stereocenters. The highest BCUT2D eigenvalue weighted by Crippen LogP contribution is 2.28. The van der Waals surface area contributed by atoms with Gasteiger partial charge in [0.2, 0.25) is 0 Å². The highest BCUT2D eigenvalue weighted by molar-refractivity contribution is 5.49. The molecule has 0 radical (unpaired) electrons. The first-order chi connectivity index (χ1) is 9.70. The van der Waals surface area contributed by atoms with E-state index in [0.717, 1.165) is 13.1 Å². The highest BCUT2D eigenvalue weighted by atomic mass is 15.3. The Hall–Kier alpha value is -1.44. The fraction of sp³-hybridized carbons (Fsp3) is 0.579. The molecule has 0 aromatic heterocycles. The van der Waals surface area contributed by atoms with Gasteiger partial charge in [-0.3, -0.25) is 0 Å². The number of benzene rings is 1. The zero-order valence-electron chi connectivity index (χ0n) is 14.5. The van der Waals surface area contributed by atoms with Gasteiger partial charge >= 0.3 is 0 Å². The summed E-state index contributed by atoms with van der Waals surface area (Å²) in [6.45, 7) is 19.7. The first-order valence-corrected chi connectivity index (χ1v) is 7.99. The van der Waals surface area contributed by atoms with E-state index in [2.05, 4.69) is 82.2 Å². The summed E-state index contributed by atoms with van der Waals surface area (Å²) in [7, 11) is 0. The van der Waals surface area contributed by atoms with Crippen LogP contribution in [-0.2, 0) is 5.41 Å². The fourth-order valence-corrected chi connectivity index (χ4v) is 3.46. The Morgan fingerprint density at radius 2 is 1.52 bits per heavy atom. The van der Waals surface area contributed by atoms with E-state index in [1.54, 1.807) is 0 Å². The van der Waals surface area contributed by atoms with Crippen molar-refractivity contribution in [3.8, 4) is 0 Å². The van der Waals surface area contributed by atoms with Crippen LogP contribution in [0.1, 0.15) is 47.1 Å². The second kappa shape index (κ2) is 5.75. The number of allylic oxidation sites excluding steroid dienone is 1. The lowest BCUT2D eigenvalue weighted by Crippen LogP contribution is -2.55. The van der Waals surface area contributed by atoms with Crippen LogP contribution in [0.5, 0.6) is 0 Å². The van der Waals surface area contributed by atoms with Gasteiger partial charge in [-0.2, -0.15) is 0 Å². The van der Waals surface area contributed by atoms with Crippen molar-refractivity contribution in [2.45, 2.75) is 59.0 Å². The molecule has 0 amide bonds. The van der Waals surface area contributed by atoms with Crippen LogP contribution in [0.3, 0.4) is 0 Å². The molecule has 1 aliphatic heterocycles. The van der Waals surface area contributed by atoms with Crippen LogP contribution in [0.2, 0.25) is 0 Å². The molecule has 0 N–H and O–H groups in total. The molecular formula is C19H30N2. The summed E-state index contributed by atoms with van der Waals surface area (Å²) in [5.41, 5.74) is 4.13. The lowest BCUT2D eigenvalue weighted by Gasteiger charge is -2.47. The minimum Gasteiger partial charge on any atom is -0.367 e. The molecule has 0 spiro atoms. The molecule has 0 saturated carbocycles. The predicted molar refractivity (Wildman–Crippen MR) is 92.9 cm³/mol. The van der Waals surface area contributed by atoms with Gasteiger partial charge in [-0.25, -0.2) is 0 Å². The number of anilines is 1. The van der Waals surface area contributed by atoms with E-state index in [-0.39, 0.29) is 5.41 Å². The summed E-state index contributed by atoms with van der Waals surface area (Å²) < 4.78 is 0. The van der Waals surface area contributed by atoms with Gasteiger partial charge in [-0.05, 0) is 43.9 Å². The number of hydrogen-bond donors (Lipinski definition) is 0. The maximum atomic E-state index is 4.12. The van der Waals surface area contributed by atoms with Crippen LogP contribution in [0.25, 0.3) is 0 Å². The van der Waals surface area contributed by atoms with Crippen molar-refractivity contribution in [3.05, 3.63) is 42.1 Å². The Bertz CT molecular complexity index is 483. The van der Waals surface area contributed by atoms with E-state index in [4.69, 9.17) is 0 Å². The third kappa shape index (κ3) is 3.42. The van der Waals surface area contributed by atoms with E-state index in [1.807, 2.05) is 0 Å². The SMILES string of the molecule is C=C(C)N1C(C)CN(c2ccc(C(C)(C)C)cc2)CC1C. The second-order valence-corrected chi connectivity index (χ2v) is 7.54. The molecule has 2 nitrogen and oxygen atoms in total. The molecule has 2 unspecified atom stereocenters. The Morgan fingerprint density at radius 1 is 1.05 bits per heavy atom. The number of rotatable bonds is 2. The predicted octanol–water partition coefficient (Wildman–Crippen LogP) is 4.42. The van der Waals surface area contributed by atoms with E-state index in [0.29, 0.717) is 12.1 Å². The molecule has 1 saturated heterocycles. The minimum absolute atomic E-state index is 0.220. The molecule has 1 heterocycles. The molecule has 21 heavy (non-hydrogen) atoms. The maximum absolute atomic E-state index is 4.12. The lowest BCUT2D eigenvalue weighted by atomic mass is 9.87. The summed E-state index contributed by atoms with van der Waals surface area (Å²) in [5.74, 6) is 0. The first kappa shape index (κ1) is 15.9. The van der Waals surface area contributed by atoms with Crippen molar-refractivity contribution in [1.29, 1.82) is 0 Å². The smallest absolute Gasteiger partial charge is 0.0437 e. The van der Waals surface area contributed by atoms with Crippen molar-refractivity contribution in [2.75, 3.05) is 18.0 Å². The maximum Gasteiger partial charge on any atom is 0.0437 e. The summed E-state index contributed by atoms with van der Waals surface area (Å²) >= 11 is 0. The Labute approximate surface area is 130 Å². The number of hydrogen-bond acceptors (Lipinski definition) is 2. The third-order valence-electron chi connectivity index (χ3n) is 4.46. The van der Waals surface area contributed by atoms with Gasteiger partial charge in [0.05, 0.1) is 0 Å². The standard InChI is InChI=1S/C19H30N2/c1-14(2)21-15(3)12-20(13-16(21)4)18-10-8-17(9-11-18)19(5,6)7/h8-11,15-16H,1,12-13H2,2-7H3. The average molecular weight is 286 g/mol. The van der Waals surface area contributed by atoms with Crippen molar-refractivity contribution in [2.24, 2.45) is 0 Å². The molecule has 116 valence electrons. The molecule has 0 aliphatic carbocycles. The van der Waals surface area contributed by atoms with Gasteiger partial charge in [0.25, 0.3) is 0 Å². The molecule has 2 heteroatoms. The van der Waals surface area contributed by atoms with Gasteiger partial charge in [-0.15, -0.1) is 0 Å². The third-order valence-corrected chi connectivity index (χ3v) is 4.46. The summed E-state index contributed by atoms with van der Waals surface area (Å²) in [6.07, 6.45) is 0. The van der Waals surface area contributed by atoms with Crippen molar-refractivity contribution in [1.82, 2.24) is 4.90 Å². The summed E-state index contributed by atoms with van der Waals surface area (Å²) in [6, 6.07) is 10.1. The van der Waals surface area contributed by atoms with Gasteiger partial charge in [0.15, 0.2) is 0 Å². The Morgan fingerprint density at radius 3 is 1.90 bits per heavy atom. The zero-order valence-corrected chi connectivity index (χ0v) is 14.5. The van der Waals surface area contributed by atoms with Crippen LogP contribution in [-0.4, -0.2) is 30.1 Å². The topological polar surface area (TPSA) is 6.48 Å². The molecule has 1 aromatic rings. The first-order valence-electron chi connectivity index (χ1n) is 7.99. The van der Waals surface area contributed by atoms with Gasteiger partial charge in [0.1, 0.15) is 0 Å². The largest absolute Gasteiger partial charge is 0.367 e. The van der Waals surface area contributed by atoms with Crippen LogP contribution in [0.15, 0.2) is 36.5 Å². The van der Waals surface area contributed by atoms with E-state index < -0.39 is 0 Å². The van der Waals surface area contributed by atoms with Crippen LogP contribution < -0.4 is 4.90 Å². The van der Waals surface area contributed by atoms with E-state index in [1.165, 1.54) is 16.9 Å². The van der Waals surface area contributed by atoms with E-state index in [9.17, 15) is 0 Å². The Balaban J connectivity index is 2.15. The van der Waals surface area contributed by atoms with Crippen LogP contribution >= 0.6 is 0 Å².